The molecule has 0 fully saturated rings. The molecule has 1 atom stereocenters. The lowest BCUT2D eigenvalue weighted by Gasteiger charge is -2.29. The summed E-state index contributed by atoms with van der Waals surface area (Å²) in [6, 6.07) is 22.5. The Morgan fingerprint density at radius 2 is 1.50 bits per heavy atom. The highest BCUT2D eigenvalue weighted by Gasteiger charge is 2.38. The van der Waals surface area contributed by atoms with Gasteiger partial charge in [-0.25, -0.2) is 9.97 Å². The van der Waals surface area contributed by atoms with Gasteiger partial charge in [-0.3, -0.25) is 0 Å². The molecule has 0 aliphatic heterocycles. The molecular weight excluding hydrogens is 507 g/mol. The first-order valence-electron chi connectivity index (χ1n) is 10.6. The number of rotatable bonds is 4. The van der Waals surface area contributed by atoms with E-state index in [4.69, 9.17) is 34.8 Å². The molecule has 1 unspecified atom stereocenters. The van der Waals surface area contributed by atoms with E-state index in [1.807, 2.05) is 74.5 Å². The van der Waals surface area contributed by atoms with Crippen molar-refractivity contribution in [1.82, 2.24) is 9.97 Å². The Labute approximate surface area is 216 Å². The van der Waals surface area contributed by atoms with Crippen molar-refractivity contribution in [2.75, 3.05) is 0 Å². The zero-order valence-corrected chi connectivity index (χ0v) is 21.4. The molecule has 3 nitrogen and oxygen atoms in total. The maximum atomic E-state index is 12.3. The summed E-state index contributed by atoms with van der Waals surface area (Å²) in [7, 11) is 0. The smallest absolute Gasteiger partial charge is 0.151 e. The minimum absolute atomic E-state index is 0.332. The third-order valence-electron chi connectivity index (χ3n) is 5.85. The molecule has 2 heterocycles. The number of aryl methyl sites for hydroxylation is 2. The molecule has 0 aliphatic rings. The third-order valence-corrected chi connectivity index (χ3v) is 7.95. The number of pyridine rings is 1. The molecule has 170 valence electrons. The first-order chi connectivity index (χ1) is 16.3. The second-order valence-corrected chi connectivity index (χ2v) is 10.4. The van der Waals surface area contributed by atoms with Crippen LogP contribution in [0.25, 0.3) is 22.0 Å². The van der Waals surface area contributed by atoms with E-state index in [1.165, 1.54) is 11.3 Å². The van der Waals surface area contributed by atoms with Crippen molar-refractivity contribution >= 4 is 57.0 Å². The Morgan fingerprint density at radius 3 is 2.15 bits per heavy atom. The highest BCUT2D eigenvalue weighted by molar-refractivity contribution is 7.11. The molecule has 5 aromatic rings. The average Bonchev–Trinajstić information content (AvgIpc) is 3.18. The Balaban J connectivity index is 1.79. The van der Waals surface area contributed by atoms with Crippen molar-refractivity contribution in [2.24, 2.45) is 0 Å². The fourth-order valence-electron chi connectivity index (χ4n) is 4.26. The third kappa shape index (κ3) is 3.90. The number of benzene rings is 3. The minimum Gasteiger partial charge on any atom is -0.375 e. The fourth-order valence-corrected chi connectivity index (χ4v) is 6.13. The molecule has 0 saturated heterocycles. The van der Waals surface area contributed by atoms with Crippen LogP contribution in [0.15, 0.2) is 72.8 Å². The van der Waals surface area contributed by atoms with Crippen LogP contribution < -0.4 is 0 Å². The van der Waals surface area contributed by atoms with E-state index >= 15 is 0 Å². The molecule has 0 saturated carbocycles. The van der Waals surface area contributed by atoms with E-state index in [9.17, 15) is 5.11 Å². The van der Waals surface area contributed by atoms with Gasteiger partial charge in [0.25, 0.3) is 0 Å². The van der Waals surface area contributed by atoms with Crippen molar-refractivity contribution in [1.29, 1.82) is 0 Å². The fraction of sp³-hybridized carbons (Fsp3) is 0.111. The van der Waals surface area contributed by atoms with Crippen LogP contribution in [-0.4, -0.2) is 15.1 Å². The number of thiazole rings is 1. The zero-order chi connectivity index (χ0) is 24.0. The van der Waals surface area contributed by atoms with E-state index in [0.29, 0.717) is 42.8 Å². The number of fused-ring (bicyclic) bond motifs is 1. The van der Waals surface area contributed by atoms with Crippen LogP contribution >= 0.6 is 46.1 Å². The second-order valence-electron chi connectivity index (χ2n) is 8.05. The maximum absolute atomic E-state index is 12.3. The molecule has 0 amide bonds. The molecule has 1 N–H and O–H groups in total. The van der Waals surface area contributed by atoms with Crippen LogP contribution in [0.5, 0.6) is 0 Å². The van der Waals surface area contributed by atoms with E-state index in [1.54, 1.807) is 12.1 Å². The van der Waals surface area contributed by atoms with Gasteiger partial charge in [0.1, 0.15) is 5.15 Å². The molecule has 5 rings (SSSR count). The summed E-state index contributed by atoms with van der Waals surface area (Å²) in [5, 5.41) is 15.3. The molecular formula is C27H19Cl3N2OS. The summed E-state index contributed by atoms with van der Waals surface area (Å²) in [6.07, 6.45) is 0. The molecule has 2 aromatic heterocycles. The monoisotopic (exact) mass is 524 g/mol. The summed E-state index contributed by atoms with van der Waals surface area (Å²) >= 11 is 21.1. The van der Waals surface area contributed by atoms with E-state index in [2.05, 4.69) is 9.97 Å². The highest BCUT2D eigenvalue weighted by Crippen LogP contribution is 2.44. The number of hydrogen-bond acceptors (Lipinski definition) is 4. The number of hydrogen-bond donors (Lipinski definition) is 1. The summed E-state index contributed by atoms with van der Waals surface area (Å²) in [5.74, 6) is 0. The van der Waals surface area contributed by atoms with Gasteiger partial charge in [-0.15, -0.1) is 11.3 Å². The van der Waals surface area contributed by atoms with Gasteiger partial charge < -0.3 is 5.11 Å². The average molecular weight is 526 g/mol. The van der Waals surface area contributed by atoms with E-state index in [-0.39, 0.29) is 0 Å². The Kier molecular flexibility index (Phi) is 6.13. The van der Waals surface area contributed by atoms with Gasteiger partial charge in [-0.2, -0.15) is 0 Å². The van der Waals surface area contributed by atoms with Crippen LogP contribution in [0.1, 0.15) is 26.7 Å². The number of nitrogens with zero attached hydrogens (tertiary/aromatic N) is 2. The van der Waals surface area contributed by atoms with E-state index < -0.39 is 5.60 Å². The quantitative estimate of drug-likeness (QED) is 0.240. The van der Waals surface area contributed by atoms with Crippen molar-refractivity contribution in [3.8, 4) is 11.1 Å². The van der Waals surface area contributed by atoms with Crippen molar-refractivity contribution in [3.63, 3.8) is 0 Å². The summed E-state index contributed by atoms with van der Waals surface area (Å²) in [4.78, 5) is 9.90. The number of aromatic nitrogens is 2. The standard InChI is InChI=1S/C27H19Cl3N2OS/c1-15-25(34-16(2)31-15)27(33,18-8-11-20(28)12-9-18)19-10-13-22-21(14-19)24(29)23(26(30)32-22)17-6-4-3-5-7-17/h3-14,33H,1-2H3. The Morgan fingerprint density at radius 1 is 0.824 bits per heavy atom. The first kappa shape index (κ1) is 23.3. The molecule has 34 heavy (non-hydrogen) atoms. The van der Waals surface area contributed by atoms with Crippen molar-refractivity contribution in [3.05, 3.63) is 115 Å². The lowest BCUT2D eigenvalue weighted by molar-refractivity contribution is 0.129. The highest BCUT2D eigenvalue weighted by atomic mass is 35.5. The molecule has 3 aromatic carbocycles. The first-order valence-corrected chi connectivity index (χ1v) is 12.5. The predicted octanol–water partition coefficient (Wildman–Crippen LogP) is 8.22. The molecule has 0 radical (unpaired) electrons. The lowest BCUT2D eigenvalue weighted by atomic mass is 9.83. The Bertz CT molecular complexity index is 1520. The topological polar surface area (TPSA) is 46.0 Å². The van der Waals surface area contributed by atoms with Crippen LogP contribution in [0.2, 0.25) is 15.2 Å². The largest absolute Gasteiger partial charge is 0.375 e. The van der Waals surface area contributed by atoms with Crippen molar-refractivity contribution < 1.29 is 5.11 Å². The summed E-state index contributed by atoms with van der Waals surface area (Å²) in [5.41, 5.74) is 2.83. The molecule has 7 heteroatoms. The summed E-state index contributed by atoms with van der Waals surface area (Å²) < 4.78 is 0. The van der Waals surface area contributed by atoms with Crippen LogP contribution in [0.3, 0.4) is 0 Å². The van der Waals surface area contributed by atoms with Gasteiger partial charge in [-0.1, -0.05) is 83.3 Å². The van der Waals surface area contributed by atoms with Gasteiger partial charge in [0.15, 0.2) is 5.60 Å². The summed E-state index contributed by atoms with van der Waals surface area (Å²) in [6.45, 7) is 3.83. The normalized spacial score (nSPS) is 13.2. The zero-order valence-electron chi connectivity index (χ0n) is 18.3. The van der Waals surface area contributed by atoms with Gasteiger partial charge in [0.2, 0.25) is 0 Å². The Hall–Kier alpha value is -2.47. The van der Waals surface area contributed by atoms with Gasteiger partial charge in [0, 0.05) is 16.0 Å². The van der Waals surface area contributed by atoms with Crippen molar-refractivity contribution in [2.45, 2.75) is 19.4 Å². The van der Waals surface area contributed by atoms with Gasteiger partial charge >= 0.3 is 0 Å². The van der Waals surface area contributed by atoms with Crippen LogP contribution in [0.4, 0.5) is 0 Å². The molecule has 0 bridgehead atoms. The number of halogens is 3. The second kappa shape index (κ2) is 8.95. The molecule has 0 spiro atoms. The number of aliphatic hydroxyl groups is 1. The van der Waals surface area contributed by atoms with Crippen LogP contribution in [0, 0.1) is 13.8 Å². The predicted molar refractivity (Wildman–Crippen MR) is 142 cm³/mol. The molecule has 0 aliphatic carbocycles. The van der Waals surface area contributed by atoms with Gasteiger partial charge in [0.05, 0.1) is 26.1 Å². The van der Waals surface area contributed by atoms with Gasteiger partial charge in [-0.05, 0) is 54.8 Å². The minimum atomic E-state index is -1.45. The van der Waals surface area contributed by atoms with E-state index in [0.717, 1.165) is 21.1 Å². The lowest BCUT2D eigenvalue weighted by Crippen LogP contribution is -2.28. The maximum Gasteiger partial charge on any atom is 0.151 e. The van der Waals surface area contributed by atoms with Crippen LogP contribution in [-0.2, 0) is 5.60 Å². The SMILES string of the molecule is Cc1nc(C)c(C(O)(c2ccc(Cl)cc2)c2ccc3nc(Cl)c(-c4ccccc4)c(Cl)c3c2)s1.